The van der Waals surface area contributed by atoms with Crippen LogP contribution >= 0.6 is 22.6 Å². The van der Waals surface area contributed by atoms with Crippen LogP contribution in [0.2, 0.25) is 0 Å². The number of esters is 2. The summed E-state index contributed by atoms with van der Waals surface area (Å²) in [6.07, 6.45) is -0.0413. The molecule has 6 heteroatoms. The second-order valence-electron chi connectivity index (χ2n) is 4.54. The molecular weight excluding hydrogens is 339 g/mol. The maximum atomic E-state index is 11.5. The zero-order valence-corrected chi connectivity index (χ0v) is 11.1. The van der Waals surface area contributed by atoms with Gasteiger partial charge >= 0.3 is 11.9 Å². The quantitative estimate of drug-likeness (QED) is 0.419. The number of fused-ring (bicyclic) bond motifs is 5. The second kappa shape index (κ2) is 3.94. The van der Waals surface area contributed by atoms with Gasteiger partial charge in [-0.05, 0) is 22.6 Å². The SMILES string of the molecule is C=C(I)C(=O)OC1CC2OC1C1C(=O)OCC21. The Morgan fingerprint density at radius 1 is 1.53 bits per heavy atom. The molecule has 5 nitrogen and oxygen atoms in total. The molecule has 0 aromatic carbocycles. The van der Waals surface area contributed by atoms with E-state index < -0.39 is 5.97 Å². The predicted octanol–water partition coefficient (Wildman–Crippen LogP) is 0.807. The van der Waals surface area contributed by atoms with Gasteiger partial charge in [0.15, 0.2) is 0 Å². The fourth-order valence-electron chi connectivity index (χ4n) is 2.89. The van der Waals surface area contributed by atoms with Crippen molar-refractivity contribution in [3.63, 3.8) is 0 Å². The lowest BCUT2D eigenvalue weighted by Gasteiger charge is -2.24. The second-order valence-corrected chi connectivity index (χ2v) is 5.85. The van der Waals surface area contributed by atoms with Crippen LogP contribution in [0.15, 0.2) is 10.2 Å². The molecule has 0 aromatic heterocycles. The summed E-state index contributed by atoms with van der Waals surface area (Å²) < 4.78 is 16.3. The Bertz CT molecular complexity index is 407. The Hall–Kier alpha value is -0.630. The fraction of sp³-hybridized carbons (Fsp3) is 0.636. The van der Waals surface area contributed by atoms with Gasteiger partial charge in [0.1, 0.15) is 12.2 Å². The number of ether oxygens (including phenoxy) is 3. The van der Waals surface area contributed by atoms with Crippen LogP contribution in [0.4, 0.5) is 0 Å². The highest BCUT2D eigenvalue weighted by Gasteiger charge is 2.61. The van der Waals surface area contributed by atoms with Crippen molar-refractivity contribution >= 4 is 34.5 Å². The minimum Gasteiger partial charge on any atom is -0.465 e. The lowest BCUT2D eigenvalue weighted by atomic mass is 9.80. The molecule has 5 unspecified atom stereocenters. The summed E-state index contributed by atoms with van der Waals surface area (Å²) in [4.78, 5) is 23.0. The van der Waals surface area contributed by atoms with Crippen LogP contribution < -0.4 is 0 Å². The van der Waals surface area contributed by atoms with Crippen molar-refractivity contribution in [1.29, 1.82) is 0 Å². The lowest BCUT2D eigenvalue weighted by molar-refractivity contribution is -0.152. The molecule has 0 spiro atoms. The molecule has 5 atom stereocenters. The van der Waals surface area contributed by atoms with Crippen LogP contribution in [0, 0.1) is 11.8 Å². The summed E-state index contributed by atoms with van der Waals surface area (Å²) in [5.74, 6) is -0.773. The first-order valence-electron chi connectivity index (χ1n) is 5.45. The Morgan fingerprint density at radius 2 is 2.29 bits per heavy atom. The smallest absolute Gasteiger partial charge is 0.344 e. The van der Waals surface area contributed by atoms with Gasteiger partial charge in [0.25, 0.3) is 0 Å². The summed E-state index contributed by atoms with van der Waals surface area (Å²) in [7, 11) is 0. The van der Waals surface area contributed by atoms with Crippen LogP contribution in [0.1, 0.15) is 6.42 Å². The van der Waals surface area contributed by atoms with E-state index in [0.29, 0.717) is 16.6 Å². The predicted molar refractivity (Wildman–Crippen MR) is 64.3 cm³/mol. The van der Waals surface area contributed by atoms with Crippen molar-refractivity contribution < 1.29 is 23.8 Å². The van der Waals surface area contributed by atoms with Crippen LogP contribution in [0.25, 0.3) is 0 Å². The van der Waals surface area contributed by atoms with Crippen molar-refractivity contribution in [1.82, 2.24) is 0 Å². The van der Waals surface area contributed by atoms with E-state index in [4.69, 9.17) is 14.2 Å². The van der Waals surface area contributed by atoms with Crippen molar-refractivity contribution in [3.8, 4) is 0 Å². The van der Waals surface area contributed by atoms with Crippen LogP contribution in [-0.2, 0) is 23.8 Å². The van der Waals surface area contributed by atoms with Crippen LogP contribution in [-0.4, -0.2) is 36.9 Å². The molecule has 3 saturated heterocycles. The average Bonchev–Trinajstić information content (AvgIpc) is 2.91. The number of hydrogen-bond acceptors (Lipinski definition) is 5. The molecule has 3 aliphatic rings. The first-order chi connectivity index (χ1) is 8.08. The largest absolute Gasteiger partial charge is 0.465 e. The maximum Gasteiger partial charge on any atom is 0.344 e. The van der Waals surface area contributed by atoms with E-state index >= 15 is 0 Å². The van der Waals surface area contributed by atoms with E-state index in [0.717, 1.165) is 0 Å². The minimum absolute atomic E-state index is 0.0169. The molecule has 0 saturated carbocycles. The molecule has 3 heterocycles. The molecular formula is C11H11IO5. The maximum absolute atomic E-state index is 11.5. The number of hydrogen-bond donors (Lipinski definition) is 0. The van der Waals surface area contributed by atoms with Gasteiger partial charge in [0.05, 0.1) is 22.2 Å². The highest BCUT2D eigenvalue weighted by atomic mass is 127. The zero-order chi connectivity index (χ0) is 12.2. The third-order valence-electron chi connectivity index (χ3n) is 3.63. The highest BCUT2D eigenvalue weighted by Crippen LogP contribution is 2.48. The molecule has 3 rings (SSSR count). The average molecular weight is 350 g/mol. The summed E-state index contributed by atoms with van der Waals surface area (Å²) in [5.41, 5.74) is 0. The molecule has 92 valence electrons. The summed E-state index contributed by atoms with van der Waals surface area (Å²) in [6, 6.07) is 0. The molecule has 0 aliphatic carbocycles. The molecule has 17 heavy (non-hydrogen) atoms. The van der Waals surface area contributed by atoms with E-state index in [-0.39, 0.29) is 36.1 Å². The monoisotopic (exact) mass is 350 g/mol. The van der Waals surface area contributed by atoms with Gasteiger partial charge in [-0.15, -0.1) is 0 Å². The standard InChI is InChI=1S/C11H11IO5/c1-4(12)10(13)17-7-2-6-5-3-15-11(14)8(5)9(7)16-6/h5-9H,1-3H2. The Morgan fingerprint density at radius 3 is 3.00 bits per heavy atom. The van der Waals surface area contributed by atoms with Crippen molar-refractivity contribution in [2.24, 2.45) is 11.8 Å². The molecule has 3 aliphatic heterocycles. The Kier molecular flexibility index (Phi) is 2.66. The third kappa shape index (κ3) is 1.69. The first kappa shape index (κ1) is 11.5. The normalized spacial score (nSPS) is 42.2. The van der Waals surface area contributed by atoms with Crippen molar-refractivity contribution in [2.75, 3.05) is 6.61 Å². The van der Waals surface area contributed by atoms with Crippen molar-refractivity contribution in [2.45, 2.75) is 24.7 Å². The number of cyclic esters (lactones) is 1. The van der Waals surface area contributed by atoms with Gasteiger partial charge in [-0.25, -0.2) is 4.79 Å². The highest BCUT2D eigenvalue weighted by molar-refractivity contribution is 14.1. The summed E-state index contributed by atoms with van der Waals surface area (Å²) in [5, 5.41) is 0. The van der Waals surface area contributed by atoms with E-state index in [1.807, 2.05) is 22.6 Å². The van der Waals surface area contributed by atoms with Crippen molar-refractivity contribution in [3.05, 3.63) is 10.2 Å². The number of carbonyl (C=O) groups is 2. The molecule has 0 aromatic rings. The van der Waals surface area contributed by atoms with Crippen LogP contribution in [0.3, 0.4) is 0 Å². The van der Waals surface area contributed by atoms with E-state index in [2.05, 4.69) is 6.58 Å². The lowest BCUT2D eigenvalue weighted by Crippen LogP contribution is -2.39. The molecule has 0 amide bonds. The van der Waals surface area contributed by atoms with Gasteiger partial charge in [0, 0.05) is 12.3 Å². The van der Waals surface area contributed by atoms with E-state index in [1.165, 1.54) is 0 Å². The first-order valence-corrected chi connectivity index (χ1v) is 6.53. The van der Waals surface area contributed by atoms with Gasteiger partial charge in [-0.2, -0.15) is 0 Å². The minimum atomic E-state index is -0.435. The van der Waals surface area contributed by atoms with Gasteiger partial charge < -0.3 is 14.2 Å². The van der Waals surface area contributed by atoms with E-state index in [1.54, 1.807) is 0 Å². The molecule has 3 fully saturated rings. The number of halogens is 1. The topological polar surface area (TPSA) is 61.8 Å². The van der Waals surface area contributed by atoms with Gasteiger partial charge in [-0.3, -0.25) is 4.79 Å². The Balaban J connectivity index is 1.73. The Labute approximate surface area is 112 Å². The fourth-order valence-corrected chi connectivity index (χ4v) is 3.01. The van der Waals surface area contributed by atoms with Gasteiger partial charge in [0.2, 0.25) is 0 Å². The summed E-state index contributed by atoms with van der Waals surface area (Å²) >= 11 is 1.82. The van der Waals surface area contributed by atoms with Gasteiger partial charge in [-0.1, -0.05) is 6.58 Å². The number of carbonyl (C=O) groups excluding carboxylic acids is 2. The molecule has 2 bridgehead atoms. The zero-order valence-electron chi connectivity index (χ0n) is 8.93. The summed E-state index contributed by atoms with van der Waals surface area (Å²) in [6.45, 7) is 3.96. The van der Waals surface area contributed by atoms with E-state index in [9.17, 15) is 9.59 Å². The number of rotatable bonds is 2. The molecule has 0 radical (unpaired) electrons. The van der Waals surface area contributed by atoms with Crippen LogP contribution in [0.5, 0.6) is 0 Å². The molecule has 0 N–H and O–H groups in total. The third-order valence-corrected chi connectivity index (χ3v) is 4.07.